The number of carboxylic acid groups (broad SMARTS) is 2. The van der Waals surface area contributed by atoms with Crippen molar-refractivity contribution in [3.63, 3.8) is 0 Å². The Bertz CT molecular complexity index is 4350. The Hall–Kier alpha value is -6.19. The number of imide groups is 1. The van der Waals surface area contributed by atoms with E-state index in [1.54, 1.807) is 6.26 Å². The molecule has 0 aromatic carbocycles. The zero-order chi connectivity index (χ0) is 110. The molecule has 34 N–H and O–H groups in total. The number of rotatable bonds is 51. The number of hydrogen-bond donors (Lipinski definition) is 34. The van der Waals surface area contributed by atoms with Gasteiger partial charge in [0.1, 0.15) is 195 Å². The van der Waals surface area contributed by atoms with Crippen LogP contribution in [0.3, 0.4) is 0 Å². The monoisotopic (exact) mass is 2190 g/mol. The topological polar surface area (TPSA) is 995 Å². The van der Waals surface area contributed by atoms with Crippen LogP contribution in [0.2, 0.25) is 0 Å². The van der Waals surface area contributed by atoms with Gasteiger partial charge in [0.05, 0.1) is 115 Å². The highest BCUT2D eigenvalue weighted by Crippen LogP contribution is 2.47. The van der Waals surface area contributed by atoms with E-state index in [4.69, 9.17) is 85.3 Å². The number of thioether (sulfide) groups is 1. The molecule has 0 aromatic rings. The van der Waals surface area contributed by atoms with Crippen molar-refractivity contribution < 1.29 is 286 Å². The van der Waals surface area contributed by atoms with Gasteiger partial charge < -0.3 is 265 Å². The summed E-state index contributed by atoms with van der Waals surface area (Å²) in [6.07, 6.45) is -93.9. The standard InChI is InChI=1S/C85H137N5O58S/c1-28(99)12-32-34(103)15-83(81(126)127,144-64(32)52(111)36(105)18-91)146-69-56(115)40(21-94)136-77(62(69)121)141-67-43(24-97)139-76(50(59(67)118)88-29(2)100)143-72-60(119)55(114)39(20-93)138-80(72)142-68-58(117)44(135-75(125)61(68)120)27-133-79-71(54(113)38(107)26-132-79)134-42(23-96)66-51(89-30(3)101)73(123)85(130,46(25-98)140-66)148-78-63(122)70(57(116)41(22-95)137-78)147-84(82(128)129)16-35(104)33(65(145-84)53(112)37(106)19-92)13-31(102)17-87-48(109)7-11-131-10-5-8-86-47(108)6-9-90-49(110)14-45(149-4)74(90)124/h32-46,50-73,75-80,91-98,103-107,111-123,125,130H,5-27H2,1-4H3,(H,86,108)(H,87,109)(H,88,100)(H,89,101)(H,126,127)(H,128,129)/t32-,33-,34?,35?,36-,37-,38-,39?,40?,41?,42?,43?,44?,45?,46?,50?,51?,52-,53-,54+,55-,56+,57+,58-,59-,60+,61?,62?,63?,64?,65?,66+,67-,68+,69+,70+,71?,72?,73-,75-,76+,77+,78+,79-,80-,83+,84+,85-/m1/s1. The summed E-state index contributed by atoms with van der Waals surface area (Å²) in [6, 6.07) is -4.33. The second-order valence-corrected chi connectivity index (χ2v) is 38.5. The fourth-order valence-corrected chi connectivity index (χ4v) is 19.6. The summed E-state index contributed by atoms with van der Waals surface area (Å²) < 4.78 is 104. The van der Waals surface area contributed by atoms with Crippen LogP contribution in [0.5, 0.6) is 0 Å². The fraction of sp³-hybridized carbons (Fsp3) is 0.882. The van der Waals surface area contributed by atoms with Crippen molar-refractivity contribution in [1.29, 1.82) is 0 Å². The van der Waals surface area contributed by atoms with Crippen molar-refractivity contribution in [3.8, 4) is 0 Å². The molecule has 0 aliphatic carbocycles. The molecule has 0 aromatic heterocycles. The molecular weight excluding hydrogens is 2050 g/mol. The predicted octanol–water partition coefficient (Wildman–Crippen LogP) is -21.2. The van der Waals surface area contributed by atoms with E-state index in [1.807, 2.05) is 0 Å². The van der Waals surface area contributed by atoms with Crippen LogP contribution in [0.4, 0.5) is 0 Å². The first-order chi connectivity index (χ1) is 70.3. The Balaban J connectivity index is 0.793. The van der Waals surface area contributed by atoms with E-state index in [2.05, 4.69) is 21.3 Å². The molecule has 6 amide bonds. The molecule has 0 bridgehead atoms. The Labute approximate surface area is 849 Å². The fourth-order valence-electron chi connectivity index (χ4n) is 19.0. The molecule has 10 rings (SSSR count). The van der Waals surface area contributed by atoms with Gasteiger partial charge in [-0.1, -0.05) is 0 Å². The Morgan fingerprint density at radius 1 is 0.490 bits per heavy atom. The van der Waals surface area contributed by atoms with Crippen molar-refractivity contribution in [3.05, 3.63) is 0 Å². The van der Waals surface area contributed by atoms with Crippen molar-refractivity contribution >= 4 is 70.7 Å². The van der Waals surface area contributed by atoms with Crippen LogP contribution >= 0.6 is 11.8 Å². The second kappa shape index (κ2) is 55.1. The molecule has 0 spiro atoms. The minimum absolute atomic E-state index is 0.0385. The molecule has 10 fully saturated rings. The van der Waals surface area contributed by atoms with E-state index >= 15 is 0 Å². The van der Waals surface area contributed by atoms with Gasteiger partial charge in [0.25, 0.3) is 11.6 Å². The first-order valence-electron chi connectivity index (χ1n) is 47.5. The molecule has 19 unspecified atom stereocenters. The van der Waals surface area contributed by atoms with Gasteiger partial charge in [-0.3, -0.25) is 38.5 Å². The second-order valence-electron chi connectivity index (χ2n) is 37.5. The average Bonchev–Trinajstić information content (AvgIpc) is 1.24. The summed E-state index contributed by atoms with van der Waals surface area (Å²) in [6.45, 7) is -10.5. The third kappa shape index (κ3) is 29.1. The van der Waals surface area contributed by atoms with Crippen LogP contribution in [0, 0.1) is 11.8 Å². The highest BCUT2D eigenvalue weighted by molar-refractivity contribution is 8.00. The largest absolute Gasteiger partial charge is 0.477 e. The average molecular weight is 2190 g/mol. The number of likely N-dealkylation sites (tertiary alicyclic amines) is 1. The highest BCUT2D eigenvalue weighted by atomic mass is 32.2. The lowest BCUT2D eigenvalue weighted by Crippen LogP contribution is -2.75. The molecule has 10 aliphatic rings. The maximum atomic E-state index is 13.6. The van der Waals surface area contributed by atoms with E-state index in [0.29, 0.717) is 0 Å². The smallest absolute Gasteiger partial charge is 0.364 e. The molecule has 10 saturated heterocycles. The predicted molar refractivity (Wildman–Crippen MR) is 470 cm³/mol. The summed E-state index contributed by atoms with van der Waals surface area (Å²) >= 11 is 1.23. The number of hydrogen-bond acceptors (Lipinski definition) is 57. The van der Waals surface area contributed by atoms with Crippen LogP contribution in [0.25, 0.3) is 0 Å². The van der Waals surface area contributed by atoms with Crippen LogP contribution < -0.4 is 21.3 Å². The minimum Gasteiger partial charge on any atom is -0.477 e. The number of carbonyl (C=O) groups is 10. The van der Waals surface area contributed by atoms with Gasteiger partial charge in [0.2, 0.25) is 41.2 Å². The summed E-state index contributed by atoms with van der Waals surface area (Å²) in [5.41, 5.74) is 0. The van der Waals surface area contributed by atoms with Crippen molar-refractivity contribution in [2.75, 3.05) is 105 Å². The highest BCUT2D eigenvalue weighted by Gasteiger charge is 2.67. The summed E-state index contributed by atoms with van der Waals surface area (Å²) in [5, 5.41) is 347. The number of aliphatic hydroxyl groups is 28. The number of ether oxygens (including phenoxy) is 18. The number of carboxylic acids is 2. The van der Waals surface area contributed by atoms with Gasteiger partial charge in [-0.15, -0.1) is 0 Å². The van der Waals surface area contributed by atoms with Crippen LogP contribution in [-0.2, 0) is 133 Å². The van der Waals surface area contributed by atoms with Gasteiger partial charge in [0, 0.05) is 90.3 Å². The van der Waals surface area contributed by atoms with Crippen LogP contribution in [0.15, 0.2) is 0 Å². The lowest BCUT2D eigenvalue weighted by atomic mass is 9.80. The van der Waals surface area contributed by atoms with Gasteiger partial charge in [0.15, 0.2) is 43.5 Å². The van der Waals surface area contributed by atoms with Crippen molar-refractivity contribution in [1.82, 2.24) is 26.2 Å². The summed E-state index contributed by atoms with van der Waals surface area (Å²) in [5.74, 6) is -23.6. The Morgan fingerprint density at radius 3 is 1.54 bits per heavy atom. The molecule has 64 heteroatoms. The third-order valence-electron chi connectivity index (χ3n) is 27.1. The number of Topliss-reactive ketones (excluding diaryl/α,β-unsaturated/α-hetero) is 2. The van der Waals surface area contributed by atoms with E-state index in [-0.39, 0.29) is 63.8 Å². The number of nitrogens with zero attached hydrogens (tertiary/aromatic N) is 1. The van der Waals surface area contributed by atoms with E-state index in [0.717, 1.165) is 25.7 Å². The minimum atomic E-state index is -3.62. The SMILES string of the molecule is CSC1CC(=O)N(CCC(=O)NCCCOCCC(=O)NCC(=O)C[C@@H]2C(O)C[C@](O[C@@H]3C(O)[C@H](O[C@]4(O)C(CO)O[C@@H](C(CO)OC5[C@@H](OCC6O[C@@H](O)C(O)[C@@H](O[C@H]7OC(CO)[C@@H](O)[C@H](O)C7O[C@@H]7OC(CO)[C@@H](O[C@@H]8OC(CO)[C@H](O)[C@H](O[C@]9(C(=O)O)CC(O)[C@@H](CC(C)=O)C([C@H](O)[C@H](O)CO)O9)C8O)[C@H](O)C7NC(C)=O)[C@@H]6O)OC[C@@H](O)[C@@H]5O)C(NC(C)=O)[C@H]4O)OC(CO)[C@@H]3O)(C(=O)O)OC2[C@H](O)[C@H](O)CO)C1=O. The Morgan fingerprint density at radius 2 is 1.01 bits per heavy atom. The van der Waals surface area contributed by atoms with Crippen LogP contribution in [0.1, 0.15) is 72.1 Å². The summed E-state index contributed by atoms with van der Waals surface area (Å²) in [4.78, 5) is 130. The maximum absolute atomic E-state index is 13.6. The number of aliphatic hydroxyl groups excluding tert-OH is 27. The van der Waals surface area contributed by atoms with Gasteiger partial charge in [-0.25, -0.2) is 9.59 Å². The Kier molecular flexibility index (Phi) is 46.1. The first-order valence-corrected chi connectivity index (χ1v) is 48.8. The number of nitrogens with one attached hydrogen (secondary N) is 4. The zero-order valence-corrected chi connectivity index (χ0v) is 81.3. The van der Waals surface area contributed by atoms with E-state index < -0.39 is 437 Å². The van der Waals surface area contributed by atoms with Crippen molar-refractivity contribution in [2.24, 2.45) is 11.8 Å². The molecule has 10 heterocycles. The zero-order valence-electron chi connectivity index (χ0n) is 80.4. The number of aliphatic carboxylic acids is 2. The van der Waals surface area contributed by atoms with E-state index in [9.17, 15) is 201 Å². The molecule has 149 heavy (non-hydrogen) atoms. The van der Waals surface area contributed by atoms with Crippen LogP contribution in [-0.4, -0.2) is 602 Å². The molecule has 0 radical (unpaired) electrons. The molecule has 856 valence electrons. The normalized spacial score (nSPS) is 41.8. The molecule has 48 atom stereocenters. The molecule has 10 aliphatic heterocycles. The number of amides is 6. The van der Waals surface area contributed by atoms with Gasteiger partial charge in [-0.05, 0) is 19.6 Å². The van der Waals surface area contributed by atoms with Gasteiger partial charge in [-0.2, -0.15) is 11.8 Å². The number of ketones is 2. The number of carbonyl (C=O) groups excluding carboxylic acids is 8. The lowest BCUT2D eigenvalue weighted by molar-refractivity contribution is -0.431. The maximum Gasteiger partial charge on any atom is 0.364 e. The van der Waals surface area contributed by atoms with Crippen molar-refractivity contribution in [2.45, 2.75) is 352 Å². The van der Waals surface area contributed by atoms with E-state index in [1.165, 1.54) is 11.8 Å². The molecule has 0 saturated carbocycles. The quantitative estimate of drug-likeness (QED) is 0.0153. The summed E-state index contributed by atoms with van der Waals surface area (Å²) in [7, 11) is 0. The molecular formula is C85H137N5O58S. The first kappa shape index (κ1) is 125. The van der Waals surface area contributed by atoms with Gasteiger partial charge >= 0.3 is 11.9 Å². The third-order valence-corrected chi connectivity index (χ3v) is 28.0. The lowest BCUT2D eigenvalue weighted by Gasteiger charge is -2.53. The molecule has 63 nitrogen and oxygen atoms in total.